The predicted octanol–water partition coefficient (Wildman–Crippen LogP) is 24.9. The van der Waals surface area contributed by atoms with Crippen LogP contribution in [0.4, 0.5) is 0 Å². The third-order valence-electron chi connectivity index (χ3n) is 16.3. The van der Waals surface area contributed by atoms with Crippen molar-refractivity contribution in [3.05, 3.63) is 48.6 Å². The summed E-state index contributed by atoms with van der Waals surface area (Å²) in [6, 6.07) is 0. The Hall–Kier alpha value is -2.63. The van der Waals surface area contributed by atoms with Gasteiger partial charge in [-0.1, -0.05) is 345 Å². The molecule has 0 saturated heterocycles. The van der Waals surface area contributed by atoms with Gasteiger partial charge in [0.1, 0.15) is 13.2 Å². The second kappa shape index (κ2) is 69.9. The highest BCUT2D eigenvalue weighted by atomic mass is 16.6. The standard InChI is InChI=1S/C75H138O6/c1-4-7-10-13-16-19-22-24-26-28-30-31-32-33-34-35-36-37-38-39-40-41-42-43-45-46-48-50-53-56-59-62-65-68-74(77)80-71-72(70-79-73(76)67-64-61-58-55-52-21-18-15-12-9-6-3)81-75(78)69-66-63-60-57-54-51-49-47-44-29-27-25-23-20-17-14-11-8-5-2/h15,17-18,20,25,27,44,47,72H,4-14,16,19,21-24,26,28-43,45-46,48-71H2,1-3H3/b18-15-,20-17-,27-25-,47-44-. The molecule has 81 heavy (non-hydrogen) atoms. The molecule has 0 radical (unpaired) electrons. The van der Waals surface area contributed by atoms with Crippen LogP contribution in [-0.2, 0) is 28.6 Å². The summed E-state index contributed by atoms with van der Waals surface area (Å²) in [5.74, 6) is -0.879. The van der Waals surface area contributed by atoms with Crippen LogP contribution in [-0.4, -0.2) is 37.2 Å². The van der Waals surface area contributed by atoms with Gasteiger partial charge in [0.2, 0.25) is 0 Å². The van der Waals surface area contributed by atoms with Crippen LogP contribution < -0.4 is 0 Å². The lowest BCUT2D eigenvalue weighted by Crippen LogP contribution is -2.30. The first-order valence-corrected chi connectivity index (χ1v) is 36.1. The molecule has 0 amide bonds. The average molecular weight is 1140 g/mol. The van der Waals surface area contributed by atoms with Crippen molar-refractivity contribution >= 4 is 17.9 Å². The molecule has 0 rings (SSSR count). The van der Waals surface area contributed by atoms with E-state index in [1.54, 1.807) is 0 Å². The molecule has 6 nitrogen and oxygen atoms in total. The molecule has 0 aromatic heterocycles. The van der Waals surface area contributed by atoms with E-state index in [2.05, 4.69) is 69.4 Å². The van der Waals surface area contributed by atoms with Gasteiger partial charge in [0.25, 0.3) is 0 Å². The van der Waals surface area contributed by atoms with E-state index >= 15 is 0 Å². The second-order valence-electron chi connectivity index (χ2n) is 24.5. The molecule has 0 aliphatic rings. The number of ether oxygens (including phenoxy) is 3. The maximum Gasteiger partial charge on any atom is 0.306 e. The quantitative estimate of drug-likeness (QED) is 0.0261. The monoisotopic (exact) mass is 1140 g/mol. The van der Waals surface area contributed by atoms with E-state index in [1.807, 2.05) is 0 Å². The summed E-state index contributed by atoms with van der Waals surface area (Å²) in [4.78, 5) is 38.3. The van der Waals surface area contributed by atoms with Crippen molar-refractivity contribution in [3.63, 3.8) is 0 Å². The summed E-state index contributed by atoms with van der Waals surface area (Å²) in [5.41, 5.74) is 0. The average Bonchev–Trinajstić information content (AvgIpc) is 3.47. The SMILES string of the molecule is CCCC/C=C\CCCCCCCC(=O)OCC(COC(=O)CCCCCCCCCCCCCCCCCCCCCCCCCCCCCCCCCCC)OC(=O)CCCCCCCC/C=C\C/C=C\C/C=C\CCCCC. The minimum atomic E-state index is -0.783. The Kier molecular flexibility index (Phi) is 67.6. The van der Waals surface area contributed by atoms with Gasteiger partial charge in [-0.2, -0.15) is 0 Å². The minimum absolute atomic E-state index is 0.0777. The van der Waals surface area contributed by atoms with Crippen molar-refractivity contribution < 1.29 is 28.6 Å². The number of esters is 3. The van der Waals surface area contributed by atoms with Crippen molar-refractivity contribution in [1.29, 1.82) is 0 Å². The van der Waals surface area contributed by atoms with E-state index in [0.29, 0.717) is 19.3 Å². The van der Waals surface area contributed by atoms with Gasteiger partial charge in [0.15, 0.2) is 6.10 Å². The zero-order valence-corrected chi connectivity index (χ0v) is 54.6. The van der Waals surface area contributed by atoms with E-state index in [4.69, 9.17) is 14.2 Å². The molecule has 0 bridgehead atoms. The molecule has 1 atom stereocenters. The molecule has 0 fully saturated rings. The molecule has 0 aromatic carbocycles. The predicted molar refractivity (Wildman–Crippen MR) is 353 cm³/mol. The van der Waals surface area contributed by atoms with Gasteiger partial charge in [0.05, 0.1) is 0 Å². The molecule has 0 aliphatic heterocycles. The Morgan fingerprint density at radius 2 is 0.457 bits per heavy atom. The third kappa shape index (κ3) is 68.0. The highest BCUT2D eigenvalue weighted by Crippen LogP contribution is 2.19. The number of allylic oxidation sites excluding steroid dienone is 8. The third-order valence-corrected chi connectivity index (χ3v) is 16.3. The number of rotatable bonds is 67. The van der Waals surface area contributed by atoms with E-state index in [-0.39, 0.29) is 31.1 Å². The molecule has 0 N–H and O–H groups in total. The number of hydrogen-bond donors (Lipinski definition) is 0. The zero-order valence-electron chi connectivity index (χ0n) is 54.6. The highest BCUT2D eigenvalue weighted by molar-refractivity contribution is 5.71. The Morgan fingerprint density at radius 3 is 0.765 bits per heavy atom. The summed E-state index contributed by atoms with van der Waals surface area (Å²) in [6.45, 7) is 6.62. The summed E-state index contributed by atoms with van der Waals surface area (Å²) >= 11 is 0. The highest BCUT2D eigenvalue weighted by Gasteiger charge is 2.19. The van der Waals surface area contributed by atoms with Crippen LogP contribution in [0.1, 0.15) is 393 Å². The van der Waals surface area contributed by atoms with Crippen LogP contribution in [0.15, 0.2) is 48.6 Å². The van der Waals surface area contributed by atoms with Crippen LogP contribution in [0.5, 0.6) is 0 Å². The summed E-state index contributed by atoms with van der Waals surface area (Å²) in [7, 11) is 0. The fraction of sp³-hybridized carbons (Fsp3) is 0.853. The van der Waals surface area contributed by atoms with Gasteiger partial charge >= 0.3 is 17.9 Å². The molecule has 0 aromatic rings. The Labute approximate surface area is 505 Å². The van der Waals surface area contributed by atoms with Crippen molar-refractivity contribution in [1.82, 2.24) is 0 Å². The molecule has 0 heterocycles. The van der Waals surface area contributed by atoms with Crippen molar-refractivity contribution in [3.8, 4) is 0 Å². The van der Waals surface area contributed by atoms with Gasteiger partial charge < -0.3 is 14.2 Å². The van der Waals surface area contributed by atoms with E-state index in [9.17, 15) is 14.4 Å². The molecule has 474 valence electrons. The lowest BCUT2D eigenvalue weighted by atomic mass is 10.0. The Morgan fingerprint density at radius 1 is 0.247 bits per heavy atom. The normalized spacial score (nSPS) is 12.3. The lowest BCUT2D eigenvalue weighted by molar-refractivity contribution is -0.167. The first-order valence-electron chi connectivity index (χ1n) is 36.1. The van der Waals surface area contributed by atoms with Gasteiger partial charge in [-0.15, -0.1) is 0 Å². The zero-order chi connectivity index (χ0) is 58.5. The molecule has 0 spiro atoms. The smallest absolute Gasteiger partial charge is 0.306 e. The number of carbonyl (C=O) groups is 3. The summed E-state index contributed by atoms with van der Waals surface area (Å²) in [6.07, 6.45) is 88.8. The van der Waals surface area contributed by atoms with Crippen LogP contribution in [0, 0.1) is 0 Å². The van der Waals surface area contributed by atoms with Gasteiger partial charge in [-0.05, 0) is 77.0 Å². The van der Waals surface area contributed by atoms with E-state index in [0.717, 1.165) is 89.9 Å². The molecule has 0 saturated carbocycles. The largest absolute Gasteiger partial charge is 0.462 e. The first kappa shape index (κ1) is 78.4. The van der Waals surface area contributed by atoms with Crippen molar-refractivity contribution in [2.75, 3.05) is 13.2 Å². The Balaban J connectivity index is 4.09. The minimum Gasteiger partial charge on any atom is -0.462 e. The van der Waals surface area contributed by atoms with E-state index < -0.39 is 6.10 Å². The summed E-state index contributed by atoms with van der Waals surface area (Å²) < 4.78 is 16.9. The maximum absolute atomic E-state index is 12.9. The summed E-state index contributed by atoms with van der Waals surface area (Å²) in [5, 5.41) is 0. The Bertz CT molecular complexity index is 1400. The van der Waals surface area contributed by atoms with Crippen molar-refractivity contribution in [2.45, 2.75) is 399 Å². The molecular formula is C75H138O6. The van der Waals surface area contributed by atoms with Crippen LogP contribution in [0.25, 0.3) is 0 Å². The first-order chi connectivity index (χ1) is 40.0. The van der Waals surface area contributed by atoms with Crippen LogP contribution in [0.2, 0.25) is 0 Å². The molecular weight excluding hydrogens is 997 g/mol. The molecule has 6 heteroatoms. The van der Waals surface area contributed by atoms with Crippen molar-refractivity contribution in [2.24, 2.45) is 0 Å². The fourth-order valence-corrected chi connectivity index (χ4v) is 10.8. The van der Waals surface area contributed by atoms with Gasteiger partial charge in [-0.25, -0.2) is 0 Å². The second-order valence-corrected chi connectivity index (χ2v) is 24.5. The number of carbonyl (C=O) groups excluding carboxylic acids is 3. The van der Waals surface area contributed by atoms with Crippen LogP contribution >= 0.6 is 0 Å². The van der Waals surface area contributed by atoms with Crippen LogP contribution in [0.3, 0.4) is 0 Å². The molecule has 0 aliphatic carbocycles. The van der Waals surface area contributed by atoms with Gasteiger partial charge in [-0.3, -0.25) is 14.4 Å². The lowest BCUT2D eigenvalue weighted by Gasteiger charge is -2.18. The van der Waals surface area contributed by atoms with Gasteiger partial charge in [0, 0.05) is 19.3 Å². The van der Waals surface area contributed by atoms with E-state index in [1.165, 1.54) is 263 Å². The maximum atomic E-state index is 12.9. The topological polar surface area (TPSA) is 78.9 Å². The fourth-order valence-electron chi connectivity index (χ4n) is 10.8. The number of unbranched alkanes of at least 4 members (excludes halogenated alkanes) is 48. The molecule has 1 unspecified atom stereocenters. The number of hydrogen-bond acceptors (Lipinski definition) is 6.